The molecule has 0 aromatic heterocycles. The summed E-state index contributed by atoms with van der Waals surface area (Å²) in [4.78, 5) is 11.1. The quantitative estimate of drug-likeness (QED) is 0.652. The highest BCUT2D eigenvalue weighted by molar-refractivity contribution is 5.66. The number of fused-ring (bicyclic) bond motifs is 5. The Kier molecular flexibility index (Phi) is 3.74. The third kappa shape index (κ3) is 3.05. The number of aliphatic hydroxyl groups excluding tert-OH is 2. The normalized spacial score (nSPS) is 60.2. The Bertz CT molecular complexity index is 836. The Hall–Kier alpha value is -0.610. The van der Waals surface area contributed by atoms with Crippen molar-refractivity contribution in [3.63, 3.8) is 0 Å². The van der Waals surface area contributed by atoms with Crippen LogP contribution in [-0.2, 0) is 4.79 Å². The Morgan fingerprint density at radius 2 is 1.89 bits per heavy atom. The van der Waals surface area contributed by atoms with Gasteiger partial charge in [0.25, 0.3) is 0 Å². The van der Waals surface area contributed by atoms with E-state index in [1.165, 1.54) is 0 Å². The van der Waals surface area contributed by atoms with E-state index in [0.29, 0.717) is 19.3 Å². The average Bonchev–Trinajstić information content (AvgIpc) is 3.06. The maximum Gasteiger partial charge on any atom is 0.303 e. The number of aliphatic carboxylic acids is 1. The number of rotatable bonds is 4. The van der Waals surface area contributed by atoms with E-state index < -0.39 is 60.0 Å². The minimum absolute atomic E-state index is 0.00922. The fourth-order valence-corrected chi connectivity index (χ4v) is 7.52. The molecule has 0 saturated heterocycles. The second-order valence-corrected chi connectivity index (χ2v) is 10.4. The highest BCUT2D eigenvalue weighted by Gasteiger charge is 2.63. The van der Waals surface area contributed by atoms with Crippen LogP contribution in [0.1, 0.15) is 93.1 Å². The summed E-state index contributed by atoms with van der Waals surface area (Å²) in [6, 6.07) is 0. The molecule has 0 aliphatic heterocycles. The van der Waals surface area contributed by atoms with Crippen LogP contribution in [0.15, 0.2) is 0 Å². The van der Waals surface area contributed by atoms with Crippen LogP contribution in [-0.4, -0.2) is 33.5 Å². The molecule has 0 aromatic carbocycles. The number of carboxylic acids is 1. The molecule has 160 valence electrons. The van der Waals surface area contributed by atoms with Crippen molar-refractivity contribution in [2.75, 3.05) is 0 Å². The summed E-state index contributed by atoms with van der Waals surface area (Å²) in [5.41, 5.74) is -1.77. The Morgan fingerprint density at radius 1 is 1.14 bits per heavy atom. The van der Waals surface area contributed by atoms with E-state index in [2.05, 4.69) is 0 Å². The molecule has 4 nitrogen and oxygen atoms in total. The van der Waals surface area contributed by atoms with Crippen LogP contribution in [0, 0.1) is 46.3 Å². The van der Waals surface area contributed by atoms with Gasteiger partial charge in [-0.25, -0.2) is 0 Å². The van der Waals surface area contributed by atoms with Crippen LogP contribution in [0.4, 0.5) is 0 Å². The molecule has 0 bridgehead atoms. The third-order valence-electron chi connectivity index (χ3n) is 9.09. The van der Waals surface area contributed by atoms with Crippen LogP contribution in [0.5, 0.6) is 0 Å². The molecule has 0 heterocycles. The molecule has 4 saturated carbocycles. The summed E-state index contributed by atoms with van der Waals surface area (Å²) in [5, 5.41) is 31.4. The summed E-state index contributed by atoms with van der Waals surface area (Å²) < 4.78 is 52.5. The van der Waals surface area contributed by atoms with E-state index in [-0.39, 0.29) is 36.5 Å². The van der Waals surface area contributed by atoms with Gasteiger partial charge in [-0.15, -0.1) is 0 Å². The van der Waals surface area contributed by atoms with Gasteiger partial charge in [-0.3, -0.25) is 4.79 Å². The number of carbonyl (C=O) groups is 1. The SMILES string of the molecule is [2H]C1([2H])C[C@@]2(C)C(CCC3C2C([2H])([2H])[C@H](O)[C@@]2(C)C3CCC2[C@H](C)CCC(=O)O)C([2H])([2H])[C@@H]1O. The fourth-order valence-electron chi connectivity index (χ4n) is 7.52. The van der Waals surface area contributed by atoms with Crippen molar-refractivity contribution in [1.82, 2.24) is 0 Å². The summed E-state index contributed by atoms with van der Waals surface area (Å²) >= 11 is 0. The molecule has 3 N–H and O–H groups in total. The van der Waals surface area contributed by atoms with Crippen molar-refractivity contribution >= 4 is 5.97 Å². The van der Waals surface area contributed by atoms with E-state index >= 15 is 0 Å². The zero-order valence-electron chi connectivity index (χ0n) is 23.3. The van der Waals surface area contributed by atoms with Gasteiger partial charge in [-0.05, 0) is 104 Å². The maximum absolute atomic E-state index is 11.7. The molecule has 28 heavy (non-hydrogen) atoms. The second kappa shape index (κ2) is 7.27. The molecule has 0 radical (unpaired) electrons. The smallest absolute Gasteiger partial charge is 0.303 e. The number of hydrogen-bond acceptors (Lipinski definition) is 3. The zero-order chi connectivity index (χ0) is 25.6. The first-order chi connectivity index (χ1) is 15.4. The first kappa shape index (κ1) is 14.4. The summed E-state index contributed by atoms with van der Waals surface area (Å²) in [7, 11) is 0. The molecule has 4 fully saturated rings. The van der Waals surface area contributed by atoms with Crippen molar-refractivity contribution < 1.29 is 28.3 Å². The zero-order valence-corrected chi connectivity index (χ0v) is 17.3. The lowest BCUT2D eigenvalue weighted by atomic mass is 9.43. The Labute approximate surface area is 178 Å². The molecule has 4 aliphatic carbocycles. The standard InChI is InChI=1S/C24H40O4/c1-14(4-9-22(27)28)18-7-8-19-17-6-5-15-12-16(25)10-11-23(15,2)20(17)13-21(26)24(18,19)3/h14-21,25-26H,4-13H2,1-3H3,(H,27,28)/t14-,15?,16-,17?,18?,19?,20?,21+,23+,24-/m1/s1/i10D2,12D2,13D2. The van der Waals surface area contributed by atoms with Crippen molar-refractivity contribution in [2.24, 2.45) is 46.3 Å². The fraction of sp³-hybridized carbons (Fsp3) is 0.958. The topological polar surface area (TPSA) is 77.8 Å². The van der Waals surface area contributed by atoms with E-state index in [4.69, 9.17) is 10.6 Å². The Morgan fingerprint density at radius 3 is 2.61 bits per heavy atom. The number of aliphatic hydroxyl groups is 2. The predicted molar refractivity (Wildman–Crippen MR) is 109 cm³/mol. The molecule has 4 heteroatoms. The molecule has 0 amide bonds. The first-order valence-corrected chi connectivity index (χ1v) is 11.0. The van der Waals surface area contributed by atoms with Crippen molar-refractivity contribution in [2.45, 2.75) is 97.0 Å². The molecule has 4 rings (SSSR count). The minimum atomic E-state index is -2.19. The molecule has 0 aromatic rings. The van der Waals surface area contributed by atoms with Gasteiger partial charge in [-0.1, -0.05) is 20.8 Å². The lowest BCUT2D eigenvalue weighted by molar-refractivity contribution is -0.175. The summed E-state index contributed by atoms with van der Waals surface area (Å²) in [6.45, 7) is 5.74. The monoisotopic (exact) mass is 398 g/mol. The summed E-state index contributed by atoms with van der Waals surface area (Å²) in [6.07, 6.45) is -6.52. The highest BCUT2D eigenvalue weighted by atomic mass is 16.4. The van der Waals surface area contributed by atoms with Gasteiger partial charge >= 0.3 is 5.97 Å². The molecular formula is C24H40O4. The van der Waals surface area contributed by atoms with Crippen LogP contribution >= 0.6 is 0 Å². The van der Waals surface area contributed by atoms with Crippen molar-refractivity contribution in [3.05, 3.63) is 0 Å². The van der Waals surface area contributed by atoms with Gasteiger partial charge in [0.2, 0.25) is 0 Å². The predicted octanol–water partition coefficient (Wildman–Crippen LogP) is 4.48. The van der Waals surface area contributed by atoms with Crippen molar-refractivity contribution in [3.8, 4) is 0 Å². The van der Waals surface area contributed by atoms with Gasteiger partial charge in [0.1, 0.15) is 0 Å². The largest absolute Gasteiger partial charge is 0.481 e. The molecular weight excluding hydrogens is 352 g/mol. The van der Waals surface area contributed by atoms with Gasteiger partial charge in [-0.2, -0.15) is 0 Å². The molecule has 0 spiro atoms. The van der Waals surface area contributed by atoms with Crippen LogP contribution in [0.2, 0.25) is 0 Å². The van der Waals surface area contributed by atoms with E-state index in [9.17, 15) is 17.7 Å². The minimum Gasteiger partial charge on any atom is -0.481 e. The van der Waals surface area contributed by atoms with E-state index in [1.807, 2.05) is 13.8 Å². The third-order valence-corrected chi connectivity index (χ3v) is 9.09. The summed E-state index contributed by atoms with van der Waals surface area (Å²) in [5.74, 6) is -2.39. The van der Waals surface area contributed by atoms with Gasteiger partial charge in [0.05, 0.1) is 12.2 Å². The van der Waals surface area contributed by atoms with Crippen LogP contribution in [0.25, 0.3) is 0 Å². The van der Waals surface area contributed by atoms with E-state index in [0.717, 1.165) is 12.8 Å². The van der Waals surface area contributed by atoms with Crippen molar-refractivity contribution in [1.29, 1.82) is 0 Å². The Balaban J connectivity index is 1.75. The van der Waals surface area contributed by atoms with Gasteiger partial charge in [0.15, 0.2) is 0 Å². The number of carboxylic acid groups (broad SMARTS) is 1. The molecule has 5 unspecified atom stereocenters. The highest BCUT2D eigenvalue weighted by Crippen LogP contribution is 2.68. The van der Waals surface area contributed by atoms with Crippen LogP contribution in [0.3, 0.4) is 0 Å². The number of hydrogen-bond donors (Lipinski definition) is 3. The lowest BCUT2D eigenvalue weighted by Gasteiger charge is -2.62. The van der Waals surface area contributed by atoms with Gasteiger partial charge < -0.3 is 15.3 Å². The second-order valence-electron chi connectivity index (χ2n) is 10.4. The lowest BCUT2D eigenvalue weighted by Crippen LogP contribution is -2.58. The maximum atomic E-state index is 11.7. The van der Waals surface area contributed by atoms with Gasteiger partial charge in [0, 0.05) is 14.6 Å². The van der Waals surface area contributed by atoms with Crippen LogP contribution < -0.4 is 0 Å². The van der Waals surface area contributed by atoms with E-state index in [1.54, 1.807) is 6.92 Å². The average molecular weight is 399 g/mol. The first-order valence-electron chi connectivity index (χ1n) is 14.0. The molecule has 10 atom stereocenters. The molecule has 4 aliphatic rings.